The Morgan fingerprint density at radius 1 is 0.188 bits per heavy atom. The highest BCUT2D eigenvalue weighted by Crippen LogP contribution is 2.44. The molecule has 0 nitrogen and oxygen atoms in total. The van der Waals surface area contributed by atoms with Gasteiger partial charge in [-0.1, -0.05) is 164 Å². The van der Waals surface area contributed by atoms with Gasteiger partial charge in [0.15, 0.2) is 0 Å². The molecule has 0 heteroatoms. The van der Waals surface area contributed by atoms with E-state index in [4.69, 9.17) is 0 Å². The molecule has 0 aromatic heterocycles. The second-order valence-corrected chi connectivity index (χ2v) is 12.5. The fourth-order valence-electron chi connectivity index (χ4n) is 7.33. The van der Waals surface area contributed by atoms with Crippen LogP contribution in [0.2, 0.25) is 0 Å². The van der Waals surface area contributed by atoms with Crippen molar-refractivity contribution in [2.45, 2.75) is 0 Å². The highest BCUT2D eigenvalue weighted by atomic mass is 14.2. The Morgan fingerprint density at radius 3 is 1.02 bits per heavy atom. The van der Waals surface area contributed by atoms with Crippen LogP contribution in [0.3, 0.4) is 0 Å². The Labute approximate surface area is 281 Å². The summed E-state index contributed by atoms with van der Waals surface area (Å²) in [5, 5.41) is 7.56. The molecule has 0 bridgehead atoms. The summed E-state index contributed by atoms with van der Waals surface area (Å²) >= 11 is 0. The van der Waals surface area contributed by atoms with Crippen molar-refractivity contribution in [1.29, 1.82) is 0 Å². The number of fused-ring (bicyclic) bond motifs is 3. The number of hydrogen-bond acceptors (Lipinski definition) is 0. The van der Waals surface area contributed by atoms with E-state index in [1.54, 1.807) is 0 Å². The minimum Gasteiger partial charge on any atom is -0.0622 e. The summed E-state index contributed by atoms with van der Waals surface area (Å²) in [6.45, 7) is 0. The molecule has 0 heterocycles. The summed E-state index contributed by atoms with van der Waals surface area (Å²) in [4.78, 5) is 0. The lowest BCUT2D eigenvalue weighted by atomic mass is 9.85. The summed E-state index contributed by atoms with van der Waals surface area (Å²) in [6.07, 6.45) is 0. The Hall–Kier alpha value is -6.24. The average molecular weight is 609 g/mol. The van der Waals surface area contributed by atoms with E-state index in [0.717, 1.165) is 0 Å². The first-order valence-electron chi connectivity index (χ1n) is 16.6. The average Bonchev–Trinajstić information content (AvgIpc) is 3.17. The van der Waals surface area contributed by atoms with Crippen LogP contribution in [0.1, 0.15) is 0 Å². The van der Waals surface area contributed by atoms with E-state index in [1.165, 1.54) is 88.0 Å². The van der Waals surface area contributed by atoms with Crippen molar-refractivity contribution >= 4 is 32.3 Å². The van der Waals surface area contributed by atoms with Crippen LogP contribution in [0, 0.1) is 0 Å². The van der Waals surface area contributed by atoms with Gasteiger partial charge in [-0.05, 0) is 118 Å². The summed E-state index contributed by atoms with van der Waals surface area (Å²) < 4.78 is 0. The SMILES string of the molecule is c1ccc(-c2cc(-c3ccccc3)cc(-c3ccc4ccc(-c5c6ccccc6c(-c6ccccc6)c6ccccc56)cc4c3)c2)cc1. The van der Waals surface area contributed by atoms with Crippen molar-refractivity contribution in [2.24, 2.45) is 0 Å². The molecule has 48 heavy (non-hydrogen) atoms. The lowest BCUT2D eigenvalue weighted by molar-refractivity contribution is 1.57. The minimum absolute atomic E-state index is 1.21. The predicted molar refractivity (Wildman–Crippen MR) is 206 cm³/mol. The van der Waals surface area contributed by atoms with Gasteiger partial charge in [0, 0.05) is 0 Å². The van der Waals surface area contributed by atoms with Crippen molar-refractivity contribution < 1.29 is 0 Å². The summed E-state index contributed by atoms with van der Waals surface area (Å²) in [5.41, 5.74) is 12.4. The Kier molecular flexibility index (Phi) is 6.91. The van der Waals surface area contributed by atoms with Crippen LogP contribution in [0.15, 0.2) is 194 Å². The van der Waals surface area contributed by atoms with Gasteiger partial charge in [0.05, 0.1) is 0 Å². The van der Waals surface area contributed by atoms with Gasteiger partial charge in [-0.2, -0.15) is 0 Å². The molecule has 0 saturated carbocycles. The van der Waals surface area contributed by atoms with E-state index >= 15 is 0 Å². The van der Waals surface area contributed by atoms with Crippen molar-refractivity contribution in [3.05, 3.63) is 194 Å². The third-order valence-corrected chi connectivity index (χ3v) is 9.60. The second kappa shape index (κ2) is 11.8. The molecule has 0 spiro atoms. The third-order valence-electron chi connectivity index (χ3n) is 9.60. The lowest BCUT2D eigenvalue weighted by Crippen LogP contribution is -1.91. The zero-order chi connectivity index (χ0) is 31.9. The molecule has 0 aliphatic rings. The Bertz CT molecular complexity index is 2460. The molecule has 9 aromatic rings. The van der Waals surface area contributed by atoms with Crippen LogP contribution < -0.4 is 0 Å². The molecule has 0 amide bonds. The smallest absolute Gasteiger partial charge is 0.00262 e. The van der Waals surface area contributed by atoms with E-state index in [-0.39, 0.29) is 0 Å². The molecule has 0 saturated heterocycles. The van der Waals surface area contributed by atoms with E-state index in [1.807, 2.05) is 0 Å². The van der Waals surface area contributed by atoms with Gasteiger partial charge in [-0.15, -0.1) is 0 Å². The normalized spacial score (nSPS) is 11.3. The topological polar surface area (TPSA) is 0 Å². The molecular formula is C48H32. The van der Waals surface area contributed by atoms with Crippen LogP contribution in [0.4, 0.5) is 0 Å². The molecule has 9 rings (SSSR count). The largest absolute Gasteiger partial charge is 0.0622 e. The van der Waals surface area contributed by atoms with Crippen LogP contribution in [0.5, 0.6) is 0 Å². The molecule has 224 valence electrons. The highest BCUT2D eigenvalue weighted by Gasteiger charge is 2.17. The van der Waals surface area contributed by atoms with E-state index in [9.17, 15) is 0 Å². The van der Waals surface area contributed by atoms with Crippen LogP contribution in [0.25, 0.3) is 88.0 Å². The molecule has 0 fully saturated rings. The molecule has 0 atom stereocenters. The molecule has 0 aliphatic heterocycles. The van der Waals surface area contributed by atoms with Gasteiger partial charge in [0.1, 0.15) is 0 Å². The first-order valence-corrected chi connectivity index (χ1v) is 16.6. The van der Waals surface area contributed by atoms with Crippen molar-refractivity contribution in [1.82, 2.24) is 0 Å². The molecule has 0 N–H and O–H groups in total. The third kappa shape index (κ3) is 4.96. The van der Waals surface area contributed by atoms with Crippen LogP contribution >= 0.6 is 0 Å². The Morgan fingerprint density at radius 2 is 0.542 bits per heavy atom. The van der Waals surface area contributed by atoms with Gasteiger partial charge in [-0.25, -0.2) is 0 Å². The number of hydrogen-bond donors (Lipinski definition) is 0. The molecule has 0 aliphatic carbocycles. The van der Waals surface area contributed by atoms with Crippen LogP contribution in [-0.4, -0.2) is 0 Å². The zero-order valence-electron chi connectivity index (χ0n) is 26.5. The Balaban J connectivity index is 1.24. The van der Waals surface area contributed by atoms with E-state index in [2.05, 4.69) is 194 Å². The van der Waals surface area contributed by atoms with Gasteiger partial charge in [-0.3, -0.25) is 0 Å². The standard InChI is InChI=1S/C48H32/c1-4-14-33(15-5-1)40-30-41(34-16-6-2-7-17-34)32-42(31-40)37-26-24-35-25-27-38(29-39(35)28-37)48-45-22-12-10-20-43(45)47(36-18-8-3-9-19-36)44-21-11-13-23-46(44)48/h1-32H. The monoisotopic (exact) mass is 608 g/mol. The zero-order valence-corrected chi connectivity index (χ0v) is 26.5. The summed E-state index contributed by atoms with van der Waals surface area (Å²) in [7, 11) is 0. The molecular weight excluding hydrogens is 577 g/mol. The van der Waals surface area contributed by atoms with Crippen molar-refractivity contribution in [2.75, 3.05) is 0 Å². The first kappa shape index (κ1) is 28.0. The van der Waals surface area contributed by atoms with Gasteiger partial charge in [0.25, 0.3) is 0 Å². The molecule has 0 unspecified atom stereocenters. The highest BCUT2D eigenvalue weighted by molar-refractivity contribution is 6.21. The number of rotatable bonds is 5. The first-order chi connectivity index (χ1) is 23.8. The molecule has 0 radical (unpaired) electrons. The predicted octanol–water partition coefficient (Wildman–Crippen LogP) is 13.5. The minimum atomic E-state index is 1.21. The fraction of sp³-hybridized carbons (Fsp3) is 0. The maximum absolute atomic E-state index is 2.38. The van der Waals surface area contributed by atoms with Gasteiger partial charge >= 0.3 is 0 Å². The van der Waals surface area contributed by atoms with Crippen molar-refractivity contribution in [3.8, 4) is 55.6 Å². The van der Waals surface area contributed by atoms with Gasteiger partial charge < -0.3 is 0 Å². The molecule has 9 aromatic carbocycles. The summed E-state index contributed by atoms with van der Waals surface area (Å²) in [6, 6.07) is 70.7. The van der Waals surface area contributed by atoms with Gasteiger partial charge in [0.2, 0.25) is 0 Å². The van der Waals surface area contributed by atoms with Crippen molar-refractivity contribution in [3.63, 3.8) is 0 Å². The maximum atomic E-state index is 2.38. The lowest BCUT2D eigenvalue weighted by Gasteiger charge is -2.18. The number of benzene rings is 9. The second-order valence-electron chi connectivity index (χ2n) is 12.5. The van der Waals surface area contributed by atoms with E-state index in [0.29, 0.717) is 0 Å². The quantitative estimate of drug-likeness (QED) is 0.171. The maximum Gasteiger partial charge on any atom is -0.00262 e. The fourth-order valence-corrected chi connectivity index (χ4v) is 7.33. The van der Waals surface area contributed by atoms with Crippen LogP contribution in [-0.2, 0) is 0 Å². The summed E-state index contributed by atoms with van der Waals surface area (Å²) in [5.74, 6) is 0. The van der Waals surface area contributed by atoms with E-state index < -0.39 is 0 Å².